The van der Waals surface area contributed by atoms with Crippen molar-refractivity contribution in [2.75, 3.05) is 13.1 Å². The maximum absolute atomic E-state index is 13.0. The van der Waals surface area contributed by atoms with Crippen molar-refractivity contribution in [1.82, 2.24) is 24.4 Å². The minimum absolute atomic E-state index is 0.236. The first kappa shape index (κ1) is 21.5. The highest BCUT2D eigenvalue weighted by Crippen LogP contribution is 2.29. The predicted octanol–water partition coefficient (Wildman–Crippen LogP) is 2.30. The van der Waals surface area contributed by atoms with Crippen molar-refractivity contribution in [2.24, 2.45) is 0 Å². The molecular weight excluding hydrogens is 442 g/mol. The van der Waals surface area contributed by atoms with Crippen LogP contribution < -0.4 is 11.2 Å². The van der Waals surface area contributed by atoms with E-state index in [0.717, 1.165) is 11.3 Å². The van der Waals surface area contributed by atoms with Gasteiger partial charge in [-0.1, -0.05) is 0 Å². The Balaban J connectivity index is 1.65. The van der Waals surface area contributed by atoms with E-state index in [0.29, 0.717) is 47.9 Å². The van der Waals surface area contributed by atoms with E-state index < -0.39 is 16.9 Å². The second-order valence-electron chi connectivity index (χ2n) is 8.81. The van der Waals surface area contributed by atoms with Gasteiger partial charge >= 0.3 is 5.69 Å². The number of hydrogen-bond donors (Lipinski definition) is 2. The number of aliphatic hydroxyl groups is 1. The molecule has 4 aromatic heterocycles. The van der Waals surface area contributed by atoms with Crippen molar-refractivity contribution in [1.29, 1.82) is 0 Å². The van der Waals surface area contributed by atoms with Crippen LogP contribution in [0.2, 0.25) is 0 Å². The van der Waals surface area contributed by atoms with Crippen LogP contribution in [0.15, 0.2) is 44.7 Å². The van der Waals surface area contributed by atoms with Crippen LogP contribution in [0.4, 0.5) is 0 Å². The lowest BCUT2D eigenvalue weighted by molar-refractivity contribution is -0.149. The zero-order valence-electron chi connectivity index (χ0n) is 18.2. The molecule has 1 saturated heterocycles. The lowest BCUT2D eigenvalue weighted by atomic mass is 10.0. The molecular formula is C23H23N5O4S. The number of rotatable bonds is 3. The molecule has 0 atom stereocenters. The van der Waals surface area contributed by atoms with E-state index in [1.807, 2.05) is 29.0 Å². The van der Waals surface area contributed by atoms with Gasteiger partial charge in [0.25, 0.3) is 11.5 Å². The van der Waals surface area contributed by atoms with Crippen molar-refractivity contribution in [2.45, 2.75) is 38.3 Å². The number of H-pyrrole nitrogens is 1. The number of carbonyl (C=O) groups is 1. The Morgan fingerprint density at radius 1 is 1.21 bits per heavy atom. The van der Waals surface area contributed by atoms with Gasteiger partial charge in [-0.15, -0.1) is 0 Å². The number of fused-ring (bicyclic) bond motifs is 3. The van der Waals surface area contributed by atoms with Crippen LogP contribution in [0.5, 0.6) is 0 Å². The number of nitrogens with zero attached hydrogens (tertiary/aromatic N) is 4. The van der Waals surface area contributed by atoms with Crippen molar-refractivity contribution in [3.8, 4) is 11.3 Å². The van der Waals surface area contributed by atoms with Gasteiger partial charge in [-0.3, -0.25) is 24.1 Å². The fourth-order valence-corrected chi connectivity index (χ4v) is 5.07. The summed E-state index contributed by atoms with van der Waals surface area (Å²) in [6.07, 6.45) is 2.50. The Labute approximate surface area is 192 Å². The molecule has 33 heavy (non-hydrogen) atoms. The Kier molecular flexibility index (Phi) is 5.13. The van der Waals surface area contributed by atoms with Gasteiger partial charge in [0.15, 0.2) is 0 Å². The molecule has 0 saturated carbocycles. The van der Waals surface area contributed by atoms with Gasteiger partial charge in [-0.05, 0) is 50.3 Å². The van der Waals surface area contributed by atoms with Gasteiger partial charge in [0.2, 0.25) is 0 Å². The summed E-state index contributed by atoms with van der Waals surface area (Å²) < 4.78 is 1.59. The van der Waals surface area contributed by atoms with E-state index in [1.165, 1.54) is 20.0 Å². The van der Waals surface area contributed by atoms with E-state index in [9.17, 15) is 19.5 Å². The summed E-state index contributed by atoms with van der Waals surface area (Å²) in [5.74, 6) is -0.337. The first-order valence-corrected chi connectivity index (χ1v) is 11.7. The average molecular weight is 466 g/mol. The number of aromatic nitrogens is 4. The molecule has 5 rings (SSSR count). The number of likely N-dealkylation sites (tertiary alicyclic amines) is 1. The Morgan fingerprint density at radius 3 is 2.64 bits per heavy atom. The molecule has 5 heterocycles. The first-order chi connectivity index (χ1) is 15.7. The highest BCUT2D eigenvalue weighted by atomic mass is 32.1. The Bertz CT molecular complexity index is 1480. The molecule has 0 aromatic carbocycles. The number of pyridine rings is 2. The number of thiophene rings is 1. The third-order valence-electron chi connectivity index (χ3n) is 6.07. The maximum Gasteiger partial charge on any atom is 0.329 e. The molecule has 0 unspecified atom stereocenters. The van der Waals surface area contributed by atoms with E-state index in [4.69, 9.17) is 4.98 Å². The molecule has 0 bridgehead atoms. The predicted molar refractivity (Wildman–Crippen MR) is 126 cm³/mol. The van der Waals surface area contributed by atoms with Gasteiger partial charge in [-0.2, -0.15) is 11.3 Å². The molecule has 4 aromatic rings. The third-order valence-corrected chi connectivity index (χ3v) is 6.75. The first-order valence-electron chi connectivity index (χ1n) is 10.7. The summed E-state index contributed by atoms with van der Waals surface area (Å²) in [6.45, 7) is 3.74. The Morgan fingerprint density at radius 2 is 1.97 bits per heavy atom. The van der Waals surface area contributed by atoms with Gasteiger partial charge < -0.3 is 10.0 Å². The molecule has 170 valence electrons. The zero-order valence-corrected chi connectivity index (χ0v) is 19.1. The van der Waals surface area contributed by atoms with E-state index in [1.54, 1.807) is 20.8 Å². The molecule has 0 aliphatic carbocycles. The lowest BCUT2D eigenvalue weighted by Gasteiger charge is -2.36. The van der Waals surface area contributed by atoms with Crippen molar-refractivity contribution in [3.63, 3.8) is 0 Å². The minimum Gasteiger partial charge on any atom is -0.381 e. The summed E-state index contributed by atoms with van der Waals surface area (Å²) in [5, 5.41) is 14.3. The molecule has 0 radical (unpaired) electrons. The fraction of sp³-hybridized carbons (Fsp3) is 0.348. The topological polar surface area (TPSA) is 121 Å². The Hall–Kier alpha value is -3.37. The lowest BCUT2D eigenvalue weighted by Crippen LogP contribution is -2.49. The monoisotopic (exact) mass is 465 g/mol. The van der Waals surface area contributed by atoms with Crippen molar-refractivity contribution in [3.05, 3.63) is 56.0 Å². The van der Waals surface area contributed by atoms with Crippen LogP contribution in [0.25, 0.3) is 33.2 Å². The van der Waals surface area contributed by atoms with Crippen LogP contribution in [-0.4, -0.2) is 54.1 Å². The average Bonchev–Trinajstić information content (AvgIpc) is 3.33. The smallest absolute Gasteiger partial charge is 0.329 e. The van der Waals surface area contributed by atoms with Crippen molar-refractivity contribution >= 4 is 39.2 Å². The summed E-state index contributed by atoms with van der Waals surface area (Å²) in [6, 6.07) is 5.45. The number of piperidine rings is 1. The molecule has 1 fully saturated rings. The van der Waals surface area contributed by atoms with E-state index in [-0.39, 0.29) is 11.9 Å². The van der Waals surface area contributed by atoms with Crippen LogP contribution in [-0.2, 0) is 4.79 Å². The summed E-state index contributed by atoms with van der Waals surface area (Å²) in [5.41, 5.74) is 0.785. The molecule has 9 nitrogen and oxygen atoms in total. The van der Waals surface area contributed by atoms with Gasteiger partial charge in [0.1, 0.15) is 11.1 Å². The highest BCUT2D eigenvalue weighted by molar-refractivity contribution is 7.08. The largest absolute Gasteiger partial charge is 0.381 e. The number of carbonyl (C=O) groups excluding carboxylic acids is 1. The third kappa shape index (κ3) is 3.75. The molecule has 1 aliphatic heterocycles. The van der Waals surface area contributed by atoms with Crippen LogP contribution in [0.1, 0.15) is 32.7 Å². The molecule has 0 spiro atoms. The highest BCUT2D eigenvalue weighted by Gasteiger charge is 2.33. The second kappa shape index (κ2) is 7.89. The molecule has 10 heteroatoms. The quantitative estimate of drug-likeness (QED) is 0.448. The van der Waals surface area contributed by atoms with Crippen molar-refractivity contribution < 1.29 is 9.90 Å². The second-order valence-corrected chi connectivity index (χ2v) is 9.59. The van der Waals surface area contributed by atoms with E-state index in [2.05, 4.69) is 9.97 Å². The van der Waals surface area contributed by atoms with Crippen LogP contribution >= 0.6 is 11.3 Å². The normalized spacial score (nSPS) is 15.4. The summed E-state index contributed by atoms with van der Waals surface area (Å²) >= 11 is 1.56. The summed E-state index contributed by atoms with van der Waals surface area (Å²) in [7, 11) is 0. The van der Waals surface area contributed by atoms with Crippen LogP contribution in [0.3, 0.4) is 0 Å². The fourth-order valence-electron chi connectivity index (χ4n) is 4.42. The van der Waals surface area contributed by atoms with Gasteiger partial charge in [0, 0.05) is 36.3 Å². The van der Waals surface area contributed by atoms with E-state index >= 15 is 0 Å². The zero-order chi connectivity index (χ0) is 23.3. The standard InChI is InChI=1S/C23H23N5O4S/c1-23(2,32)21(30)27-8-5-14(6-9-27)28-19-15(20(29)26-22(28)31)11-24-17-4-3-16(25-18(17)19)13-7-10-33-12-13/h3-4,7,10-12,14,32H,5-6,8-9H2,1-2H3,(H,26,29,31). The SMILES string of the molecule is CC(C)(O)C(=O)N1CCC(n2c(=O)[nH]c(=O)c3cnc4ccc(-c5ccsc5)nc4c32)CC1. The maximum atomic E-state index is 13.0. The number of hydrogen-bond acceptors (Lipinski definition) is 7. The molecule has 1 amide bonds. The number of nitrogens with one attached hydrogen (secondary N) is 1. The van der Waals surface area contributed by atoms with Gasteiger partial charge in [0.05, 0.1) is 22.1 Å². The summed E-state index contributed by atoms with van der Waals surface area (Å²) in [4.78, 5) is 51.3. The minimum atomic E-state index is -1.45. The van der Waals surface area contributed by atoms with Crippen LogP contribution in [0, 0.1) is 0 Å². The van der Waals surface area contributed by atoms with Gasteiger partial charge in [-0.25, -0.2) is 9.78 Å². The number of amides is 1. The molecule has 2 N–H and O–H groups in total. The molecule has 1 aliphatic rings. The number of aromatic amines is 1.